The van der Waals surface area contributed by atoms with E-state index in [4.69, 9.17) is 23.3 Å². The summed E-state index contributed by atoms with van der Waals surface area (Å²) in [6.07, 6.45) is 44.5. The molecule has 0 bridgehead atoms. The Morgan fingerprint density at radius 1 is 0.532 bits per heavy atom. The summed E-state index contributed by atoms with van der Waals surface area (Å²) in [7, 11) is 1.04. The predicted octanol–water partition coefficient (Wildman–Crippen LogP) is 12.4. The average Bonchev–Trinajstić information content (AvgIpc) is 3.22. The molecule has 1 unspecified atom stereocenters. The highest BCUT2D eigenvalue weighted by Gasteiger charge is 2.21. The number of unbranched alkanes of at least 4 members (excludes halogenated alkanes) is 24. The Hall–Kier alpha value is -2.56. The fourth-order valence-electron chi connectivity index (χ4n) is 6.46. The van der Waals surface area contributed by atoms with E-state index < -0.39 is 32.5 Å². The number of phosphoric acid groups is 1. The molecule has 0 N–H and O–H groups in total. The molecule has 11 nitrogen and oxygen atoms in total. The van der Waals surface area contributed by atoms with Crippen LogP contribution in [0.25, 0.3) is 0 Å². The van der Waals surface area contributed by atoms with E-state index in [9.17, 15) is 23.8 Å². The maximum atomic E-state index is 12.6. The number of quaternary nitrogens is 1. The van der Waals surface area contributed by atoms with Crippen molar-refractivity contribution in [3.8, 4) is 0 Å². The van der Waals surface area contributed by atoms with Crippen molar-refractivity contribution in [3.05, 3.63) is 48.6 Å². The molecule has 0 fully saturated rings. The zero-order valence-electron chi connectivity index (χ0n) is 40.0. The van der Waals surface area contributed by atoms with E-state index in [2.05, 4.69) is 19.9 Å². The van der Waals surface area contributed by atoms with Crippen molar-refractivity contribution in [3.63, 3.8) is 0 Å². The molecule has 0 heterocycles. The van der Waals surface area contributed by atoms with Crippen LogP contribution in [0.1, 0.15) is 194 Å². The first-order chi connectivity index (χ1) is 29.9. The molecule has 0 saturated carbocycles. The van der Waals surface area contributed by atoms with Crippen LogP contribution in [0.3, 0.4) is 0 Å². The molecule has 2 atom stereocenters. The summed E-state index contributed by atoms with van der Waals surface area (Å²) < 4.78 is 38.9. The van der Waals surface area contributed by atoms with Gasteiger partial charge < -0.3 is 32.6 Å². The number of ether oxygens (including phenoxy) is 3. The van der Waals surface area contributed by atoms with Crippen molar-refractivity contribution >= 4 is 25.7 Å². The summed E-state index contributed by atoms with van der Waals surface area (Å²) >= 11 is 0. The second kappa shape index (κ2) is 42.4. The van der Waals surface area contributed by atoms with Gasteiger partial charge in [0.1, 0.15) is 19.8 Å². The van der Waals surface area contributed by atoms with Crippen molar-refractivity contribution < 1.29 is 51.6 Å². The highest BCUT2D eigenvalue weighted by molar-refractivity contribution is 7.45. The largest absolute Gasteiger partial charge is 0.756 e. The minimum Gasteiger partial charge on any atom is -0.756 e. The first-order valence-corrected chi connectivity index (χ1v) is 25.9. The summed E-state index contributed by atoms with van der Waals surface area (Å²) in [4.78, 5) is 49.4. The number of nitrogens with zero attached hydrogens (tertiary/aromatic N) is 1. The molecule has 0 rings (SSSR count). The van der Waals surface area contributed by atoms with E-state index in [1.54, 1.807) is 12.2 Å². The molecule has 0 aliphatic rings. The summed E-state index contributed by atoms with van der Waals surface area (Å²) in [6, 6.07) is 0. The lowest BCUT2D eigenvalue weighted by molar-refractivity contribution is -0.870. The van der Waals surface area contributed by atoms with Gasteiger partial charge in [0.2, 0.25) is 0 Å². The third-order valence-corrected chi connectivity index (χ3v) is 11.3. The van der Waals surface area contributed by atoms with Crippen molar-refractivity contribution in [1.82, 2.24) is 0 Å². The van der Waals surface area contributed by atoms with Gasteiger partial charge >= 0.3 is 17.9 Å². The third kappa shape index (κ3) is 45.5. The normalized spacial score (nSPS) is 13.7. The van der Waals surface area contributed by atoms with Crippen molar-refractivity contribution in [2.75, 3.05) is 54.1 Å². The maximum absolute atomic E-state index is 12.6. The van der Waals surface area contributed by atoms with Gasteiger partial charge in [0.15, 0.2) is 6.10 Å². The predicted molar refractivity (Wildman–Crippen MR) is 251 cm³/mol. The fraction of sp³-hybridized carbons (Fsp3) is 0.780. The van der Waals surface area contributed by atoms with E-state index in [1.807, 2.05) is 33.3 Å². The number of esters is 3. The van der Waals surface area contributed by atoms with Gasteiger partial charge in [-0.05, 0) is 44.9 Å². The van der Waals surface area contributed by atoms with Crippen LogP contribution in [0, 0.1) is 0 Å². The molecular formula is C50H90NO10P. The van der Waals surface area contributed by atoms with Crippen LogP contribution in [-0.2, 0) is 42.2 Å². The topological polar surface area (TPSA) is 137 Å². The fourth-order valence-corrected chi connectivity index (χ4v) is 7.18. The molecule has 12 heteroatoms. The zero-order chi connectivity index (χ0) is 45.8. The smallest absolute Gasteiger partial charge is 0.331 e. The Balaban J connectivity index is 4.43. The molecular weight excluding hydrogens is 806 g/mol. The number of rotatable bonds is 44. The molecule has 0 aliphatic heterocycles. The highest BCUT2D eigenvalue weighted by Crippen LogP contribution is 2.38. The third-order valence-electron chi connectivity index (χ3n) is 10.3. The van der Waals surface area contributed by atoms with E-state index in [0.29, 0.717) is 24.1 Å². The van der Waals surface area contributed by atoms with Crippen LogP contribution in [0.5, 0.6) is 0 Å². The van der Waals surface area contributed by atoms with Gasteiger partial charge in [0.25, 0.3) is 7.82 Å². The SMILES string of the molecule is CCCCCCCCCCC/C=C/C=C/C(=O)OCCCCC/C=C/C=C/C(=O)O[C@H](COC(=O)CCCCCCCCCCCCCCC)COP(=O)([O-])OCC[N+](C)(C)C. The van der Waals surface area contributed by atoms with E-state index in [1.165, 1.54) is 134 Å². The monoisotopic (exact) mass is 896 g/mol. The molecule has 0 amide bonds. The van der Waals surface area contributed by atoms with Crippen LogP contribution in [0.4, 0.5) is 0 Å². The van der Waals surface area contributed by atoms with Gasteiger partial charge in [-0.3, -0.25) is 9.36 Å². The van der Waals surface area contributed by atoms with Crippen LogP contribution in [-0.4, -0.2) is 82.6 Å². The molecule has 0 spiro atoms. The van der Waals surface area contributed by atoms with Gasteiger partial charge in [0.05, 0.1) is 34.4 Å². The number of phosphoric ester groups is 1. The summed E-state index contributed by atoms with van der Waals surface area (Å²) in [5.41, 5.74) is 0. The summed E-state index contributed by atoms with van der Waals surface area (Å²) in [5, 5.41) is 0. The average molecular weight is 896 g/mol. The second-order valence-electron chi connectivity index (χ2n) is 17.5. The number of carbonyl (C=O) groups is 3. The molecule has 0 aromatic rings. The minimum absolute atomic E-state index is 0.0689. The number of allylic oxidation sites excluding steroid dienone is 6. The quantitative estimate of drug-likeness (QED) is 0.0110. The molecule has 0 saturated heterocycles. The van der Waals surface area contributed by atoms with Gasteiger partial charge in [-0.2, -0.15) is 0 Å². The van der Waals surface area contributed by atoms with Crippen molar-refractivity contribution in [1.29, 1.82) is 0 Å². The lowest BCUT2D eigenvalue weighted by Gasteiger charge is -2.28. The Morgan fingerprint density at radius 3 is 1.48 bits per heavy atom. The number of hydrogen-bond donors (Lipinski definition) is 0. The Morgan fingerprint density at radius 2 is 0.984 bits per heavy atom. The van der Waals surface area contributed by atoms with Gasteiger partial charge in [-0.1, -0.05) is 179 Å². The molecule has 0 aromatic heterocycles. The van der Waals surface area contributed by atoms with Crippen molar-refractivity contribution in [2.45, 2.75) is 200 Å². The Bertz CT molecular complexity index is 1260. The van der Waals surface area contributed by atoms with Crippen LogP contribution in [0.2, 0.25) is 0 Å². The summed E-state index contributed by atoms with van der Waals surface area (Å²) in [6.45, 7) is 4.34. The Labute approximate surface area is 378 Å². The number of hydrogen-bond acceptors (Lipinski definition) is 10. The number of likely N-dealkylation sites (N-methyl/N-ethyl adjacent to an activating group) is 1. The maximum Gasteiger partial charge on any atom is 0.331 e. The van der Waals surface area contributed by atoms with Crippen molar-refractivity contribution in [2.24, 2.45) is 0 Å². The molecule has 0 aliphatic carbocycles. The van der Waals surface area contributed by atoms with E-state index >= 15 is 0 Å². The Kier molecular flexibility index (Phi) is 40.6. The van der Waals surface area contributed by atoms with Gasteiger partial charge in [-0.25, -0.2) is 9.59 Å². The lowest BCUT2D eigenvalue weighted by Crippen LogP contribution is -2.37. The van der Waals surface area contributed by atoms with Gasteiger partial charge in [-0.15, -0.1) is 0 Å². The van der Waals surface area contributed by atoms with Crippen LogP contribution in [0.15, 0.2) is 48.6 Å². The summed E-state index contributed by atoms with van der Waals surface area (Å²) in [5.74, 6) is -1.50. The minimum atomic E-state index is -4.68. The highest BCUT2D eigenvalue weighted by atomic mass is 31.2. The second-order valence-corrected chi connectivity index (χ2v) is 18.9. The van der Waals surface area contributed by atoms with E-state index in [0.717, 1.165) is 51.4 Å². The zero-order valence-corrected chi connectivity index (χ0v) is 40.9. The van der Waals surface area contributed by atoms with Crippen LogP contribution >= 0.6 is 7.82 Å². The molecule has 62 heavy (non-hydrogen) atoms. The first-order valence-electron chi connectivity index (χ1n) is 24.5. The standard InChI is InChI=1S/C50H90NO10P/c1-6-8-10-12-14-16-18-20-22-24-27-31-35-39-48(52)57-43-38-34-30-26-29-33-37-41-50(54)61-47(46-60-62(55,56)59-44-42-51(3,4)5)45-58-49(53)40-36-32-28-25-23-21-19-17-15-13-11-9-7-2/h27,29,31,33,35,37,39,41,47H,6-26,28,30,32,34,36,38,40,42-46H2,1-5H3/b31-27+,33-29+,39-35+,41-37+/t47-/m1/s1. The lowest BCUT2D eigenvalue weighted by atomic mass is 10.0. The molecule has 360 valence electrons. The van der Waals surface area contributed by atoms with E-state index in [-0.39, 0.29) is 25.6 Å². The van der Waals surface area contributed by atoms with Gasteiger partial charge in [0, 0.05) is 18.6 Å². The molecule has 0 aromatic carbocycles. The number of carbonyl (C=O) groups excluding carboxylic acids is 3. The first kappa shape index (κ1) is 59.4. The van der Waals surface area contributed by atoms with Crippen LogP contribution < -0.4 is 4.89 Å². The molecule has 0 radical (unpaired) electrons.